The summed E-state index contributed by atoms with van der Waals surface area (Å²) in [6.45, 7) is 5.00. The van der Waals surface area contributed by atoms with Gasteiger partial charge in [-0.25, -0.2) is 14.0 Å². The number of alkyl carbamates (subject to hydrolysis) is 1. The number of rotatable bonds is 6. The van der Waals surface area contributed by atoms with Crippen molar-refractivity contribution < 1.29 is 23.8 Å². The summed E-state index contributed by atoms with van der Waals surface area (Å²) in [5.74, 6) is -1.64. The standard InChI is InChI=1S/C21H23ClFNO4/c1-21(2,3)28-20(27)24-17(18(23)19(25)26)11-13-7-9-14(10-8-13)15-5-4-6-16(22)12-15/h4-10,12,17-18H,11H2,1-3H3,(H,24,27)(H,25,26)/t17?,18-/m1/s1. The molecule has 0 aliphatic heterocycles. The molecule has 0 bridgehead atoms. The van der Waals surface area contributed by atoms with Crippen LogP contribution < -0.4 is 5.32 Å². The monoisotopic (exact) mass is 407 g/mol. The number of halogens is 2. The number of benzene rings is 2. The van der Waals surface area contributed by atoms with E-state index in [-0.39, 0.29) is 6.42 Å². The van der Waals surface area contributed by atoms with Crippen molar-refractivity contribution in [1.29, 1.82) is 0 Å². The molecule has 0 aliphatic rings. The van der Waals surface area contributed by atoms with Crippen LogP contribution in [0.2, 0.25) is 5.02 Å². The van der Waals surface area contributed by atoms with Gasteiger partial charge in [-0.3, -0.25) is 0 Å². The number of aliphatic carboxylic acids is 1. The molecule has 0 aliphatic carbocycles. The Bertz CT molecular complexity index is 833. The third-order valence-corrected chi connectivity index (χ3v) is 4.09. The summed E-state index contributed by atoms with van der Waals surface area (Å²) in [7, 11) is 0. The number of hydrogen-bond donors (Lipinski definition) is 2. The summed E-state index contributed by atoms with van der Waals surface area (Å²) in [5, 5.41) is 12.0. The molecule has 2 N–H and O–H groups in total. The van der Waals surface area contributed by atoms with Gasteiger partial charge >= 0.3 is 12.1 Å². The molecule has 2 aromatic carbocycles. The van der Waals surface area contributed by atoms with Crippen LogP contribution in [0.5, 0.6) is 0 Å². The maximum atomic E-state index is 14.2. The lowest BCUT2D eigenvalue weighted by Gasteiger charge is -2.24. The zero-order valence-electron chi connectivity index (χ0n) is 15.9. The van der Waals surface area contributed by atoms with E-state index >= 15 is 0 Å². The number of carboxylic acid groups (broad SMARTS) is 1. The number of nitrogens with one attached hydrogen (secondary N) is 1. The lowest BCUT2D eigenvalue weighted by atomic mass is 9.99. The van der Waals surface area contributed by atoms with Gasteiger partial charge in [0, 0.05) is 5.02 Å². The van der Waals surface area contributed by atoms with Crippen molar-refractivity contribution in [2.45, 2.75) is 45.0 Å². The van der Waals surface area contributed by atoms with Crippen LogP contribution in [0.4, 0.5) is 9.18 Å². The topological polar surface area (TPSA) is 75.6 Å². The van der Waals surface area contributed by atoms with E-state index in [1.807, 2.05) is 30.3 Å². The number of carboxylic acids is 1. The lowest BCUT2D eigenvalue weighted by Crippen LogP contribution is -2.47. The minimum absolute atomic E-state index is 0.00252. The Morgan fingerprint density at radius 1 is 1.14 bits per heavy atom. The largest absolute Gasteiger partial charge is 0.479 e. The highest BCUT2D eigenvalue weighted by atomic mass is 35.5. The summed E-state index contributed by atoms with van der Waals surface area (Å²) in [5.41, 5.74) is 1.74. The van der Waals surface area contributed by atoms with Crippen LogP contribution in [0.3, 0.4) is 0 Å². The first-order chi connectivity index (χ1) is 13.0. The molecule has 7 heteroatoms. The average Bonchev–Trinajstić information content (AvgIpc) is 2.59. The van der Waals surface area contributed by atoms with Crippen molar-refractivity contribution in [2.24, 2.45) is 0 Å². The van der Waals surface area contributed by atoms with Crippen LogP contribution in [0.15, 0.2) is 48.5 Å². The highest BCUT2D eigenvalue weighted by Crippen LogP contribution is 2.23. The van der Waals surface area contributed by atoms with Crippen molar-refractivity contribution in [1.82, 2.24) is 5.32 Å². The molecule has 0 fully saturated rings. The van der Waals surface area contributed by atoms with Crippen LogP contribution in [0.25, 0.3) is 11.1 Å². The average molecular weight is 408 g/mol. The maximum Gasteiger partial charge on any atom is 0.407 e. The number of carbonyl (C=O) groups is 2. The third-order valence-electron chi connectivity index (χ3n) is 3.86. The Labute approximate surface area is 168 Å². The van der Waals surface area contributed by atoms with E-state index in [0.29, 0.717) is 10.6 Å². The van der Waals surface area contributed by atoms with Crippen LogP contribution >= 0.6 is 11.6 Å². The minimum atomic E-state index is -2.26. The van der Waals surface area contributed by atoms with Gasteiger partial charge in [0.1, 0.15) is 5.60 Å². The number of amides is 1. The van der Waals surface area contributed by atoms with E-state index in [1.54, 1.807) is 39.0 Å². The molecule has 0 spiro atoms. The number of ether oxygens (including phenoxy) is 1. The van der Waals surface area contributed by atoms with Crippen molar-refractivity contribution in [3.8, 4) is 11.1 Å². The Kier molecular flexibility index (Phi) is 7.02. The van der Waals surface area contributed by atoms with E-state index in [9.17, 15) is 14.0 Å². The van der Waals surface area contributed by atoms with E-state index in [4.69, 9.17) is 21.4 Å². The molecule has 2 atom stereocenters. The summed E-state index contributed by atoms with van der Waals surface area (Å²) in [6, 6.07) is 13.3. The second-order valence-corrected chi connectivity index (χ2v) is 7.84. The molecule has 0 heterocycles. The molecule has 0 radical (unpaired) electrons. The van der Waals surface area contributed by atoms with Gasteiger partial charge in [-0.1, -0.05) is 48.0 Å². The van der Waals surface area contributed by atoms with Crippen LogP contribution in [-0.2, 0) is 16.0 Å². The first kappa shape index (κ1) is 21.7. The molecule has 5 nitrogen and oxygen atoms in total. The third kappa shape index (κ3) is 6.53. The zero-order chi connectivity index (χ0) is 20.9. The van der Waals surface area contributed by atoms with Crippen molar-refractivity contribution in [3.05, 3.63) is 59.1 Å². The van der Waals surface area contributed by atoms with Gasteiger partial charge in [0.05, 0.1) is 6.04 Å². The maximum absolute atomic E-state index is 14.2. The summed E-state index contributed by atoms with van der Waals surface area (Å²) >= 11 is 6.00. The van der Waals surface area contributed by atoms with Gasteiger partial charge < -0.3 is 15.2 Å². The Morgan fingerprint density at radius 2 is 1.79 bits per heavy atom. The predicted octanol–water partition coefficient (Wildman–Crippen LogP) is 4.87. The molecule has 1 unspecified atom stereocenters. The lowest BCUT2D eigenvalue weighted by molar-refractivity contribution is -0.143. The van der Waals surface area contributed by atoms with Gasteiger partial charge in [0.15, 0.2) is 0 Å². The van der Waals surface area contributed by atoms with Crippen LogP contribution in [0.1, 0.15) is 26.3 Å². The first-order valence-corrected chi connectivity index (χ1v) is 9.14. The molecule has 150 valence electrons. The SMILES string of the molecule is CC(C)(C)OC(=O)NC(Cc1ccc(-c2cccc(Cl)c2)cc1)[C@@H](F)C(=O)O. The number of hydrogen-bond acceptors (Lipinski definition) is 3. The van der Waals surface area contributed by atoms with Crippen LogP contribution in [-0.4, -0.2) is 35.0 Å². The summed E-state index contributed by atoms with van der Waals surface area (Å²) in [4.78, 5) is 23.0. The molecule has 0 aromatic heterocycles. The zero-order valence-corrected chi connectivity index (χ0v) is 16.7. The number of alkyl halides is 1. The fourth-order valence-electron chi connectivity index (χ4n) is 2.61. The van der Waals surface area contributed by atoms with Gasteiger partial charge in [-0.05, 0) is 56.0 Å². The van der Waals surface area contributed by atoms with Gasteiger partial charge in [0.25, 0.3) is 0 Å². The molecule has 1 amide bonds. The Balaban J connectivity index is 2.14. The second-order valence-electron chi connectivity index (χ2n) is 7.40. The second kappa shape index (κ2) is 9.06. The molecule has 0 saturated carbocycles. The van der Waals surface area contributed by atoms with Crippen molar-refractivity contribution in [2.75, 3.05) is 0 Å². The fraction of sp³-hybridized carbons (Fsp3) is 0.333. The molecule has 2 rings (SSSR count). The smallest absolute Gasteiger partial charge is 0.407 e. The summed E-state index contributed by atoms with van der Waals surface area (Å²) < 4.78 is 19.3. The highest BCUT2D eigenvalue weighted by Gasteiger charge is 2.31. The molecular formula is C21H23ClFNO4. The minimum Gasteiger partial charge on any atom is -0.479 e. The summed E-state index contributed by atoms with van der Waals surface area (Å²) in [6.07, 6.45) is -3.13. The van der Waals surface area contributed by atoms with E-state index < -0.39 is 29.9 Å². The normalized spacial score (nSPS) is 13.5. The number of carbonyl (C=O) groups excluding carboxylic acids is 1. The van der Waals surface area contributed by atoms with Gasteiger partial charge in [-0.2, -0.15) is 0 Å². The Morgan fingerprint density at radius 3 is 2.32 bits per heavy atom. The quantitative estimate of drug-likeness (QED) is 0.716. The molecule has 0 saturated heterocycles. The molecule has 2 aromatic rings. The predicted molar refractivity (Wildman–Crippen MR) is 106 cm³/mol. The van der Waals surface area contributed by atoms with E-state index in [2.05, 4.69) is 5.32 Å². The fourth-order valence-corrected chi connectivity index (χ4v) is 2.80. The van der Waals surface area contributed by atoms with Crippen LogP contribution in [0, 0.1) is 0 Å². The van der Waals surface area contributed by atoms with Gasteiger partial charge in [0.2, 0.25) is 6.17 Å². The van der Waals surface area contributed by atoms with Crippen molar-refractivity contribution in [3.63, 3.8) is 0 Å². The van der Waals surface area contributed by atoms with Gasteiger partial charge in [-0.15, -0.1) is 0 Å². The molecule has 28 heavy (non-hydrogen) atoms. The first-order valence-electron chi connectivity index (χ1n) is 8.76. The molecular weight excluding hydrogens is 385 g/mol. The van der Waals surface area contributed by atoms with Crippen molar-refractivity contribution >= 4 is 23.7 Å². The van der Waals surface area contributed by atoms with E-state index in [0.717, 1.165) is 11.1 Å². The highest BCUT2D eigenvalue weighted by molar-refractivity contribution is 6.30. The van der Waals surface area contributed by atoms with E-state index in [1.165, 1.54) is 0 Å². The Hall–Kier alpha value is -2.60.